The molecule has 0 radical (unpaired) electrons. The summed E-state index contributed by atoms with van der Waals surface area (Å²) in [6.45, 7) is 2.31. The highest BCUT2D eigenvalue weighted by Crippen LogP contribution is 2.28. The fraction of sp³-hybridized carbons (Fsp3) is 1.00. The molecule has 1 saturated heterocycles. The van der Waals surface area contributed by atoms with Crippen molar-refractivity contribution in [3.63, 3.8) is 0 Å². The fourth-order valence-corrected chi connectivity index (χ4v) is 2.76. The van der Waals surface area contributed by atoms with Gasteiger partial charge in [0.1, 0.15) is 0 Å². The Hall–Kier alpha value is -0.120. The molecule has 0 aromatic carbocycles. The van der Waals surface area contributed by atoms with Crippen molar-refractivity contribution < 1.29 is 5.11 Å². The predicted octanol–water partition coefficient (Wildman–Crippen LogP) is 0.715. The average Bonchev–Trinajstić information content (AvgIpc) is 2.72. The van der Waals surface area contributed by atoms with Crippen LogP contribution >= 0.6 is 0 Å². The van der Waals surface area contributed by atoms with Crippen LogP contribution in [-0.4, -0.2) is 41.3 Å². The summed E-state index contributed by atoms with van der Waals surface area (Å²) in [6.07, 6.45) is 7.46. The monoisotopic (exact) mass is 198 g/mol. The number of hydrogen-bond donors (Lipinski definition) is 2. The topological polar surface area (TPSA) is 49.5 Å². The molecule has 1 aliphatic carbocycles. The van der Waals surface area contributed by atoms with E-state index >= 15 is 0 Å². The maximum absolute atomic E-state index is 9.16. The minimum atomic E-state index is -0.283. The highest BCUT2D eigenvalue weighted by Gasteiger charge is 2.33. The Morgan fingerprint density at radius 3 is 2.29 bits per heavy atom. The zero-order chi connectivity index (χ0) is 10.0. The van der Waals surface area contributed by atoms with Crippen LogP contribution < -0.4 is 5.73 Å². The van der Waals surface area contributed by atoms with Gasteiger partial charge in [0.25, 0.3) is 0 Å². The highest BCUT2D eigenvalue weighted by molar-refractivity contribution is 4.92. The van der Waals surface area contributed by atoms with Crippen molar-refractivity contribution in [3.8, 4) is 0 Å². The number of likely N-dealkylation sites (tertiary alicyclic amines) is 1. The van der Waals surface area contributed by atoms with Crippen LogP contribution in [0.25, 0.3) is 0 Å². The molecule has 82 valence electrons. The van der Waals surface area contributed by atoms with E-state index in [-0.39, 0.29) is 12.1 Å². The van der Waals surface area contributed by atoms with Crippen LogP contribution in [0.5, 0.6) is 0 Å². The van der Waals surface area contributed by atoms with E-state index in [9.17, 15) is 0 Å². The molecule has 3 heteroatoms. The van der Waals surface area contributed by atoms with Crippen LogP contribution in [0.4, 0.5) is 0 Å². The second-order valence-electron chi connectivity index (χ2n) is 4.99. The molecule has 14 heavy (non-hydrogen) atoms. The summed E-state index contributed by atoms with van der Waals surface area (Å²) in [6, 6.07) is 0.818. The lowest BCUT2D eigenvalue weighted by molar-refractivity contribution is 0.0817. The molecule has 0 atom stereocenters. The molecule has 2 rings (SSSR count). The molecule has 1 aliphatic heterocycles. The molecular formula is C11H22N2O. The first-order valence-corrected chi connectivity index (χ1v) is 5.87. The van der Waals surface area contributed by atoms with Gasteiger partial charge in [-0.15, -0.1) is 0 Å². The maximum Gasteiger partial charge on any atom is 0.0612 e. The van der Waals surface area contributed by atoms with E-state index in [4.69, 9.17) is 10.8 Å². The van der Waals surface area contributed by atoms with Gasteiger partial charge in [0.05, 0.1) is 6.61 Å². The molecule has 1 saturated carbocycles. The quantitative estimate of drug-likeness (QED) is 0.687. The lowest BCUT2D eigenvalue weighted by Crippen LogP contribution is -2.54. The molecule has 0 bridgehead atoms. The number of aliphatic hydroxyl groups is 1. The molecule has 0 aromatic heterocycles. The first-order valence-electron chi connectivity index (χ1n) is 5.87. The summed E-state index contributed by atoms with van der Waals surface area (Å²) in [7, 11) is 0. The second-order valence-corrected chi connectivity index (χ2v) is 4.99. The van der Waals surface area contributed by atoms with Crippen molar-refractivity contribution in [2.75, 3.05) is 19.7 Å². The molecule has 1 heterocycles. The summed E-state index contributed by atoms with van der Waals surface area (Å²) in [4.78, 5) is 2.58. The molecular weight excluding hydrogens is 176 g/mol. The number of rotatable bonds is 2. The SMILES string of the molecule is NC1(CO)CCN(C2CCCC2)CC1. The van der Waals surface area contributed by atoms with E-state index in [0.717, 1.165) is 32.0 Å². The van der Waals surface area contributed by atoms with E-state index in [2.05, 4.69) is 4.90 Å². The second kappa shape index (κ2) is 4.17. The Kier molecular flexibility index (Phi) is 3.10. The van der Waals surface area contributed by atoms with Crippen molar-refractivity contribution in [1.82, 2.24) is 4.90 Å². The van der Waals surface area contributed by atoms with Gasteiger partial charge in [0.2, 0.25) is 0 Å². The molecule has 0 aromatic rings. The smallest absolute Gasteiger partial charge is 0.0612 e. The largest absolute Gasteiger partial charge is 0.394 e. The lowest BCUT2D eigenvalue weighted by atomic mass is 9.89. The Morgan fingerprint density at radius 1 is 1.21 bits per heavy atom. The van der Waals surface area contributed by atoms with Crippen LogP contribution in [0.1, 0.15) is 38.5 Å². The van der Waals surface area contributed by atoms with Crippen LogP contribution in [0.2, 0.25) is 0 Å². The Morgan fingerprint density at radius 2 is 1.79 bits per heavy atom. The van der Waals surface area contributed by atoms with Gasteiger partial charge in [0.15, 0.2) is 0 Å². The molecule has 0 spiro atoms. The van der Waals surface area contributed by atoms with E-state index in [0.29, 0.717) is 0 Å². The summed E-state index contributed by atoms with van der Waals surface area (Å²) < 4.78 is 0. The first-order chi connectivity index (χ1) is 6.73. The molecule has 2 aliphatic rings. The van der Waals surface area contributed by atoms with Crippen molar-refractivity contribution in [2.24, 2.45) is 5.73 Å². The van der Waals surface area contributed by atoms with Gasteiger partial charge in [-0.2, -0.15) is 0 Å². The molecule has 3 nitrogen and oxygen atoms in total. The molecule has 2 fully saturated rings. The normalized spacial score (nSPS) is 29.6. The predicted molar refractivity (Wildman–Crippen MR) is 57.1 cm³/mol. The van der Waals surface area contributed by atoms with Gasteiger partial charge in [-0.1, -0.05) is 12.8 Å². The standard InChI is InChI=1S/C11H22N2O/c12-11(9-14)5-7-13(8-6-11)10-3-1-2-4-10/h10,14H,1-9,12H2. The third-order valence-electron chi connectivity index (χ3n) is 3.95. The molecule has 0 amide bonds. The van der Waals surface area contributed by atoms with E-state index in [1.165, 1.54) is 25.7 Å². The van der Waals surface area contributed by atoms with Gasteiger partial charge >= 0.3 is 0 Å². The van der Waals surface area contributed by atoms with E-state index in [1.54, 1.807) is 0 Å². The van der Waals surface area contributed by atoms with E-state index in [1.807, 2.05) is 0 Å². The first kappa shape index (κ1) is 10.4. The van der Waals surface area contributed by atoms with Crippen molar-refractivity contribution in [1.29, 1.82) is 0 Å². The average molecular weight is 198 g/mol. The molecule has 3 N–H and O–H groups in total. The van der Waals surface area contributed by atoms with Crippen LogP contribution in [0.15, 0.2) is 0 Å². The van der Waals surface area contributed by atoms with Gasteiger partial charge in [-0.25, -0.2) is 0 Å². The van der Waals surface area contributed by atoms with Crippen LogP contribution in [-0.2, 0) is 0 Å². The number of nitrogens with two attached hydrogens (primary N) is 1. The zero-order valence-electron chi connectivity index (χ0n) is 8.91. The van der Waals surface area contributed by atoms with Gasteiger partial charge in [-0.05, 0) is 25.7 Å². The third kappa shape index (κ3) is 2.10. The summed E-state index contributed by atoms with van der Waals surface area (Å²) in [5.41, 5.74) is 5.76. The zero-order valence-corrected chi connectivity index (χ0v) is 8.91. The van der Waals surface area contributed by atoms with Crippen molar-refractivity contribution >= 4 is 0 Å². The van der Waals surface area contributed by atoms with Crippen LogP contribution in [0, 0.1) is 0 Å². The minimum Gasteiger partial charge on any atom is -0.394 e. The van der Waals surface area contributed by atoms with Gasteiger partial charge < -0.3 is 15.7 Å². The number of nitrogens with zero attached hydrogens (tertiary/aromatic N) is 1. The van der Waals surface area contributed by atoms with E-state index < -0.39 is 0 Å². The number of hydrogen-bond acceptors (Lipinski definition) is 3. The Bertz CT molecular complexity index is 182. The van der Waals surface area contributed by atoms with Gasteiger partial charge in [-0.3, -0.25) is 0 Å². The summed E-state index contributed by atoms with van der Waals surface area (Å²) in [5, 5.41) is 9.16. The van der Waals surface area contributed by atoms with Gasteiger partial charge in [0, 0.05) is 24.7 Å². The lowest BCUT2D eigenvalue weighted by Gasteiger charge is -2.40. The summed E-state index contributed by atoms with van der Waals surface area (Å²) >= 11 is 0. The fourth-order valence-electron chi connectivity index (χ4n) is 2.76. The third-order valence-corrected chi connectivity index (χ3v) is 3.95. The maximum atomic E-state index is 9.16. The van der Waals surface area contributed by atoms with Crippen LogP contribution in [0.3, 0.4) is 0 Å². The molecule has 0 unspecified atom stereocenters. The van der Waals surface area contributed by atoms with Crippen molar-refractivity contribution in [2.45, 2.75) is 50.1 Å². The highest BCUT2D eigenvalue weighted by atomic mass is 16.3. The minimum absolute atomic E-state index is 0.144. The number of piperidine rings is 1. The number of aliphatic hydroxyl groups excluding tert-OH is 1. The summed E-state index contributed by atoms with van der Waals surface area (Å²) in [5.74, 6) is 0. The Balaban J connectivity index is 1.83. The van der Waals surface area contributed by atoms with Crippen molar-refractivity contribution in [3.05, 3.63) is 0 Å². The Labute approximate surface area is 86.3 Å².